The van der Waals surface area contributed by atoms with Gasteiger partial charge in [-0.2, -0.15) is 5.10 Å². The maximum atomic E-state index is 4.25. The van der Waals surface area contributed by atoms with Crippen molar-refractivity contribution >= 4 is 22.3 Å². The lowest BCUT2D eigenvalue weighted by Crippen LogP contribution is -2.50. The maximum absolute atomic E-state index is 4.25. The third-order valence-electron chi connectivity index (χ3n) is 3.97. The van der Waals surface area contributed by atoms with E-state index in [9.17, 15) is 0 Å². The summed E-state index contributed by atoms with van der Waals surface area (Å²) in [6.45, 7) is 4.96. The summed E-state index contributed by atoms with van der Waals surface area (Å²) in [5, 5.41) is 22.4. The van der Waals surface area contributed by atoms with Crippen molar-refractivity contribution in [3.8, 4) is 0 Å². The number of aryl methyl sites for hydroxylation is 1. The standard InChI is InChI=1S/C14H18N6S/c1-9-2-5-12(17-16-9)20-7-10(8-20)6-15-14-19-18-13(21-14)11-3-4-11/h2,5,10-11H,3-4,6-8H2,1H3,(H,15,19). The van der Waals surface area contributed by atoms with E-state index in [0.29, 0.717) is 11.8 Å². The Morgan fingerprint density at radius 3 is 2.76 bits per heavy atom. The number of hydrogen-bond donors (Lipinski definition) is 1. The predicted molar refractivity (Wildman–Crippen MR) is 82.8 cm³/mol. The highest BCUT2D eigenvalue weighted by Gasteiger charge is 2.29. The molecule has 1 saturated heterocycles. The Balaban J connectivity index is 1.25. The van der Waals surface area contributed by atoms with Crippen molar-refractivity contribution in [2.45, 2.75) is 25.7 Å². The summed E-state index contributed by atoms with van der Waals surface area (Å²) in [5.41, 5.74) is 0.959. The van der Waals surface area contributed by atoms with Crippen LogP contribution in [0.2, 0.25) is 0 Å². The van der Waals surface area contributed by atoms with E-state index in [1.807, 2.05) is 19.1 Å². The van der Waals surface area contributed by atoms with E-state index in [2.05, 4.69) is 30.6 Å². The zero-order chi connectivity index (χ0) is 14.2. The van der Waals surface area contributed by atoms with Crippen molar-refractivity contribution < 1.29 is 0 Å². The average molecular weight is 302 g/mol. The Morgan fingerprint density at radius 2 is 2.05 bits per heavy atom. The number of nitrogens with zero attached hydrogens (tertiary/aromatic N) is 5. The van der Waals surface area contributed by atoms with Gasteiger partial charge in [0.25, 0.3) is 0 Å². The molecule has 0 spiro atoms. The zero-order valence-electron chi connectivity index (χ0n) is 12.0. The van der Waals surface area contributed by atoms with Gasteiger partial charge in [0.15, 0.2) is 5.82 Å². The molecule has 1 aliphatic carbocycles. The van der Waals surface area contributed by atoms with Gasteiger partial charge in [0.2, 0.25) is 5.13 Å². The van der Waals surface area contributed by atoms with Crippen LogP contribution in [0.25, 0.3) is 0 Å². The van der Waals surface area contributed by atoms with Gasteiger partial charge in [0.05, 0.1) is 5.69 Å². The molecular formula is C14H18N6S. The Labute approximate surface area is 127 Å². The number of hydrogen-bond acceptors (Lipinski definition) is 7. The molecule has 1 N–H and O–H groups in total. The Morgan fingerprint density at radius 1 is 1.19 bits per heavy atom. The van der Waals surface area contributed by atoms with E-state index in [4.69, 9.17) is 0 Å². The summed E-state index contributed by atoms with van der Waals surface area (Å²) in [6, 6.07) is 4.05. The molecule has 0 aromatic carbocycles. The van der Waals surface area contributed by atoms with Gasteiger partial charge in [-0.15, -0.1) is 15.3 Å². The highest BCUT2D eigenvalue weighted by molar-refractivity contribution is 7.15. The number of rotatable bonds is 5. The minimum atomic E-state index is 0.640. The minimum Gasteiger partial charge on any atom is -0.360 e. The van der Waals surface area contributed by atoms with Gasteiger partial charge in [-0.05, 0) is 31.9 Å². The summed E-state index contributed by atoms with van der Waals surface area (Å²) in [7, 11) is 0. The quantitative estimate of drug-likeness (QED) is 0.912. The topological polar surface area (TPSA) is 66.8 Å². The van der Waals surface area contributed by atoms with Crippen LogP contribution < -0.4 is 10.2 Å². The van der Waals surface area contributed by atoms with Crippen LogP contribution in [0.1, 0.15) is 29.5 Å². The van der Waals surface area contributed by atoms with E-state index in [0.717, 1.165) is 36.3 Å². The van der Waals surface area contributed by atoms with Gasteiger partial charge in [0, 0.05) is 31.5 Å². The van der Waals surface area contributed by atoms with Gasteiger partial charge in [-0.3, -0.25) is 0 Å². The summed E-state index contributed by atoms with van der Waals surface area (Å²) in [5.74, 6) is 2.31. The lowest BCUT2D eigenvalue weighted by molar-refractivity contribution is 0.425. The molecule has 1 saturated carbocycles. The fourth-order valence-corrected chi connectivity index (χ4v) is 3.40. The van der Waals surface area contributed by atoms with Crippen LogP contribution in [-0.4, -0.2) is 40.0 Å². The van der Waals surface area contributed by atoms with Gasteiger partial charge >= 0.3 is 0 Å². The maximum Gasteiger partial charge on any atom is 0.205 e. The molecule has 0 atom stereocenters. The molecule has 2 aliphatic rings. The molecule has 0 radical (unpaired) electrons. The smallest absolute Gasteiger partial charge is 0.205 e. The second-order valence-electron chi connectivity index (χ2n) is 5.90. The Kier molecular flexibility index (Phi) is 3.21. The molecule has 21 heavy (non-hydrogen) atoms. The third kappa shape index (κ3) is 2.83. The largest absolute Gasteiger partial charge is 0.360 e. The lowest BCUT2D eigenvalue weighted by atomic mass is 10.0. The van der Waals surface area contributed by atoms with Crippen LogP contribution in [0.15, 0.2) is 12.1 Å². The SMILES string of the molecule is Cc1ccc(N2CC(CNc3nnc(C4CC4)s3)C2)nn1. The molecule has 3 heterocycles. The summed E-state index contributed by atoms with van der Waals surface area (Å²) >= 11 is 1.71. The lowest BCUT2D eigenvalue weighted by Gasteiger charge is -2.39. The van der Waals surface area contributed by atoms with Crippen LogP contribution >= 0.6 is 11.3 Å². The van der Waals surface area contributed by atoms with E-state index in [1.54, 1.807) is 11.3 Å². The average Bonchev–Trinajstić information content (AvgIpc) is 3.19. The molecule has 1 aliphatic heterocycles. The van der Waals surface area contributed by atoms with E-state index >= 15 is 0 Å². The molecule has 0 unspecified atom stereocenters. The first-order chi connectivity index (χ1) is 10.3. The third-order valence-corrected chi connectivity index (χ3v) is 5.02. The Bertz CT molecular complexity index is 615. The Hall–Kier alpha value is -1.76. The molecule has 4 rings (SSSR count). The van der Waals surface area contributed by atoms with E-state index in [1.165, 1.54) is 17.8 Å². The van der Waals surface area contributed by atoms with Crippen LogP contribution in [0.4, 0.5) is 10.9 Å². The first-order valence-corrected chi connectivity index (χ1v) is 8.22. The monoisotopic (exact) mass is 302 g/mol. The normalized spacial score (nSPS) is 18.6. The van der Waals surface area contributed by atoms with Crippen LogP contribution in [-0.2, 0) is 0 Å². The summed E-state index contributed by atoms with van der Waals surface area (Å²) in [4.78, 5) is 2.26. The first kappa shape index (κ1) is 12.9. The van der Waals surface area contributed by atoms with Gasteiger partial charge in [-0.1, -0.05) is 11.3 Å². The van der Waals surface area contributed by atoms with Crippen molar-refractivity contribution in [1.82, 2.24) is 20.4 Å². The minimum absolute atomic E-state index is 0.640. The predicted octanol–water partition coefficient (Wildman–Crippen LogP) is 2.06. The van der Waals surface area contributed by atoms with Crippen molar-refractivity contribution in [2.24, 2.45) is 5.92 Å². The molecule has 110 valence electrons. The molecular weight excluding hydrogens is 284 g/mol. The molecule has 0 amide bonds. The van der Waals surface area contributed by atoms with Gasteiger partial charge < -0.3 is 10.2 Å². The van der Waals surface area contributed by atoms with Gasteiger partial charge in [0.1, 0.15) is 5.01 Å². The highest BCUT2D eigenvalue weighted by atomic mass is 32.1. The number of anilines is 2. The fourth-order valence-electron chi connectivity index (χ4n) is 2.48. The van der Waals surface area contributed by atoms with Crippen LogP contribution in [0.5, 0.6) is 0 Å². The van der Waals surface area contributed by atoms with E-state index in [-0.39, 0.29) is 0 Å². The first-order valence-electron chi connectivity index (χ1n) is 7.40. The zero-order valence-corrected chi connectivity index (χ0v) is 12.8. The van der Waals surface area contributed by atoms with E-state index < -0.39 is 0 Å². The van der Waals surface area contributed by atoms with Crippen molar-refractivity contribution in [2.75, 3.05) is 29.9 Å². The second-order valence-corrected chi connectivity index (χ2v) is 6.91. The number of nitrogens with one attached hydrogen (secondary N) is 1. The summed E-state index contributed by atoms with van der Waals surface area (Å²) in [6.07, 6.45) is 2.56. The van der Waals surface area contributed by atoms with Crippen molar-refractivity contribution in [1.29, 1.82) is 0 Å². The van der Waals surface area contributed by atoms with Crippen molar-refractivity contribution in [3.63, 3.8) is 0 Å². The fraction of sp³-hybridized carbons (Fsp3) is 0.571. The molecule has 7 heteroatoms. The van der Waals surface area contributed by atoms with Crippen molar-refractivity contribution in [3.05, 3.63) is 22.8 Å². The molecule has 2 aromatic heterocycles. The van der Waals surface area contributed by atoms with Crippen LogP contribution in [0, 0.1) is 12.8 Å². The summed E-state index contributed by atoms with van der Waals surface area (Å²) < 4.78 is 0. The number of aromatic nitrogens is 4. The second kappa shape index (κ2) is 5.22. The highest BCUT2D eigenvalue weighted by Crippen LogP contribution is 2.42. The molecule has 6 nitrogen and oxygen atoms in total. The van der Waals surface area contributed by atoms with Gasteiger partial charge in [-0.25, -0.2) is 0 Å². The molecule has 2 aromatic rings. The molecule has 2 fully saturated rings. The van der Waals surface area contributed by atoms with Crippen LogP contribution in [0.3, 0.4) is 0 Å². The molecule has 0 bridgehead atoms.